The Morgan fingerprint density at radius 3 is 2.14 bits per heavy atom. The highest BCUT2D eigenvalue weighted by Crippen LogP contribution is 2.12. The molecule has 0 spiro atoms. The summed E-state index contributed by atoms with van der Waals surface area (Å²) in [5.74, 6) is -0.177. The molecule has 0 aromatic rings. The van der Waals surface area contributed by atoms with Gasteiger partial charge in [0, 0.05) is 26.2 Å². The zero-order valence-corrected chi connectivity index (χ0v) is 15.4. The van der Waals surface area contributed by atoms with Gasteiger partial charge in [0.05, 0.1) is 24.0 Å². The normalized spacial score (nSPS) is 17.5. The number of carbonyl (C=O) groups is 1. The van der Waals surface area contributed by atoms with Crippen molar-refractivity contribution in [3.8, 4) is 0 Å². The number of hydrogen-bond donors (Lipinski definition) is 1. The number of rotatable bonds is 6. The Morgan fingerprint density at radius 2 is 1.73 bits per heavy atom. The fraction of sp³-hybridized carbons (Fsp3) is 0.923. The summed E-state index contributed by atoms with van der Waals surface area (Å²) in [6, 6.07) is 0. The summed E-state index contributed by atoms with van der Waals surface area (Å²) in [6.07, 6.45) is 0.0152. The first-order chi connectivity index (χ1) is 9.54. The number of nitrogens with two attached hydrogens (primary N) is 1. The monoisotopic (exact) mass is 357 g/mol. The molecule has 22 heavy (non-hydrogen) atoms. The van der Waals surface area contributed by atoms with Crippen molar-refractivity contribution >= 4 is 28.3 Å². The molecule has 1 fully saturated rings. The van der Waals surface area contributed by atoms with Gasteiger partial charge in [0.2, 0.25) is 15.9 Å². The van der Waals surface area contributed by atoms with E-state index in [0.717, 1.165) is 0 Å². The van der Waals surface area contributed by atoms with Crippen LogP contribution in [0.1, 0.15) is 27.7 Å². The van der Waals surface area contributed by atoms with Crippen molar-refractivity contribution in [1.82, 2.24) is 9.21 Å². The largest absolute Gasteiger partial charge is 0.378 e. The molecule has 0 saturated carbocycles. The zero-order valence-electron chi connectivity index (χ0n) is 13.7. The van der Waals surface area contributed by atoms with Crippen molar-refractivity contribution in [3.63, 3.8) is 0 Å². The molecule has 0 aliphatic carbocycles. The molecule has 132 valence electrons. The first-order valence-corrected chi connectivity index (χ1v) is 8.82. The van der Waals surface area contributed by atoms with Gasteiger partial charge in [-0.1, -0.05) is 0 Å². The Labute approximate surface area is 139 Å². The van der Waals surface area contributed by atoms with Crippen LogP contribution in [0, 0.1) is 0 Å². The Bertz CT molecular complexity index is 454. The zero-order chi connectivity index (χ0) is 16.3. The number of piperazine rings is 1. The number of nitrogens with zero attached hydrogens (tertiary/aromatic N) is 2. The number of hydrogen-bond acceptors (Lipinski definition) is 5. The molecule has 0 bridgehead atoms. The Hall–Kier alpha value is -0.410. The lowest BCUT2D eigenvalue weighted by molar-refractivity contribution is -0.137. The van der Waals surface area contributed by atoms with Gasteiger partial charge in [-0.05, 0) is 27.7 Å². The molecule has 0 aromatic heterocycles. The van der Waals surface area contributed by atoms with Crippen LogP contribution in [0.15, 0.2) is 0 Å². The lowest BCUT2D eigenvalue weighted by Gasteiger charge is -2.36. The van der Waals surface area contributed by atoms with Crippen LogP contribution in [-0.4, -0.2) is 73.7 Å². The lowest BCUT2D eigenvalue weighted by atomic mass is 10.1. The molecule has 2 N–H and O–H groups in total. The van der Waals surface area contributed by atoms with Gasteiger partial charge in [0.1, 0.15) is 0 Å². The smallest absolute Gasteiger partial charge is 0.242 e. The fourth-order valence-corrected chi connectivity index (χ4v) is 3.38. The van der Waals surface area contributed by atoms with Crippen LogP contribution in [0.2, 0.25) is 0 Å². The van der Waals surface area contributed by atoms with Crippen LogP contribution in [0.25, 0.3) is 0 Å². The summed E-state index contributed by atoms with van der Waals surface area (Å²) in [4.78, 5) is 13.7. The molecule has 0 unspecified atom stereocenters. The summed E-state index contributed by atoms with van der Waals surface area (Å²) in [7, 11) is -3.32. The van der Waals surface area contributed by atoms with Crippen molar-refractivity contribution in [1.29, 1.82) is 0 Å². The lowest BCUT2D eigenvalue weighted by Crippen LogP contribution is -2.57. The van der Waals surface area contributed by atoms with Crippen LogP contribution in [0.5, 0.6) is 0 Å². The van der Waals surface area contributed by atoms with Crippen molar-refractivity contribution in [3.05, 3.63) is 0 Å². The van der Waals surface area contributed by atoms with Crippen molar-refractivity contribution in [2.75, 3.05) is 38.5 Å². The Kier molecular flexibility index (Phi) is 8.29. The predicted octanol–water partition coefficient (Wildman–Crippen LogP) is 0.0445. The first-order valence-electron chi connectivity index (χ1n) is 7.21. The van der Waals surface area contributed by atoms with Gasteiger partial charge in [-0.2, -0.15) is 4.31 Å². The van der Waals surface area contributed by atoms with Gasteiger partial charge in [-0.3, -0.25) is 4.79 Å². The molecule has 1 amide bonds. The maximum Gasteiger partial charge on any atom is 0.242 e. The summed E-state index contributed by atoms with van der Waals surface area (Å²) in [6.45, 7) is 8.61. The van der Waals surface area contributed by atoms with E-state index >= 15 is 0 Å². The van der Waals surface area contributed by atoms with Gasteiger partial charge in [0.25, 0.3) is 0 Å². The highest BCUT2D eigenvalue weighted by atomic mass is 35.5. The molecular weight excluding hydrogens is 330 g/mol. The first kappa shape index (κ1) is 21.6. The SMILES string of the molecule is CC(C)OCCS(=O)(=O)N1CCN(C(=O)C(C)(C)N)CC1.Cl. The molecule has 1 rings (SSSR count). The highest BCUT2D eigenvalue weighted by Gasteiger charge is 2.33. The van der Waals surface area contributed by atoms with Gasteiger partial charge < -0.3 is 15.4 Å². The van der Waals surface area contributed by atoms with Gasteiger partial charge in [-0.15, -0.1) is 12.4 Å². The van der Waals surface area contributed by atoms with Gasteiger partial charge >= 0.3 is 0 Å². The minimum absolute atomic E-state index is 0. The quantitative estimate of drug-likeness (QED) is 0.724. The average molecular weight is 358 g/mol. The van der Waals surface area contributed by atoms with E-state index in [9.17, 15) is 13.2 Å². The number of ether oxygens (including phenoxy) is 1. The molecular formula is C13H28ClN3O4S. The van der Waals surface area contributed by atoms with Crippen LogP contribution < -0.4 is 5.73 Å². The molecule has 1 heterocycles. The van der Waals surface area contributed by atoms with Gasteiger partial charge in [0.15, 0.2) is 0 Å². The summed E-state index contributed by atoms with van der Waals surface area (Å²) in [5.41, 5.74) is 4.86. The van der Waals surface area contributed by atoms with E-state index in [0.29, 0.717) is 26.2 Å². The third-order valence-electron chi connectivity index (χ3n) is 3.26. The molecule has 1 aliphatic heterocycles. The second kappa shape index (κ2) is 8.44. The second-order valence-corrected chi connectivity index (χ2v) is 8.24. The molecule has 1 aliphatic rings. The highest BCUT2D eigenvalue weighted by molar-refractivity contribution is 7.89. The predicted molar refractivity (Wildman–Crippen MR) is 88.5 cm³/mol. The van der Waals surface area contributed by atoms with Gasteiger partial charge in [-0.25, -0.2) is 8.42 Å². The maximum atomic E-state index is 12.2. The number of halogens is 1. The van der Waals surface area contributed by atoms with E-state index in [1.54, 1.807) is 18.7 Å². The van der Waals surface area contributed by atoms with Crippen LogP contribution in [-0.2, 0) is 19.6 Å². The molecule has 0 aromatic carbocycles. The molecule has 1 saturated heterocycles. The summed E-state index contributed by atoms with van der Waals surface area (Å²) >= 11 is 0. The maximum absolute atomic E-state index is 12.2. The number of sulfonamides is 1. The average Bonchev–Trinajstić information content (AvgIpc) is 2.36. The van der Waals surface area contributed by atoms with Crippen molar-refractivity contribution in [2.24, 2.45) is 5.73 Å². The minimum Gasteiger partial charge on any atom is -0.378 e. The van der Waals surface area contributed by atoms with E-state index in [2.05, 4.69) is 0 Å². The third-order valence-corrected chi connectivity index (χ3v) is 5.10. The number of amides is 1. The van der Waals surface area contributed by atoms with Crippen molar-refractivity contribution in [2.45, 2.75) is 39.3 Å². The molecule has 0 radical (unpaired) electrons. The fourth-order valence-electron chi connectivity index (χ4n) is 2.10. The third kappa shape index (κ3) is 6.37. The van der Waals surface area contributed by atoms with E-state index in [4.69, 9.17) is 10.5 Å². The molecule has 0 atom stereocenters. The van der Waals surface area contributed by atoms with Crippen LogP contribution >= 0.6 is 12.4 Å². The van der Waals surface area contributed by atoms with E-state index in [1.807, 2.05) is 13.8 Å². The Morgan fingerprint density at radius 1 is 1.23 bits per heavy atom. The number of carbonyl (C=O) groups excluding carboxylic acids is 1. The van der Waals surface area contributed by atoms with E-state index < -0.39 is 15.6 Å². The van der Waals surface area contributed by atoms with E-state index in [-0.39, 0.29) is 36.8 Å². The summed E-state index contributed by atoms with van der Waals surface area (Å²) < 4.78 is 31.0. The minimum atomic E-state index is -3.32. The topological polar surface area (TPSA) is 92.9 Å². The van der Waals surface area contributed by atoms with Crippen LogP contribution in [0.3, 0.4) is 0 Å². The Balaban J connectivity index is 0.00000441. The van der Waals surface area contributed by atoms with Crippen molar-refractivity contribution < 1.29 is 17.9 Å². The molecule has 9 heteroatoms. The second-order valence-electron chi connectivity index (χ2n) is 6.15. The van der Waals surface area contributed by atoms with Crippen LogP contribution in [0.4, 0.5) is 0 Å². The van der Waals surface area contributed by atoms with E-state index in [1.165, 1.54) is 4.31 Å². The molecule has 7 nitrogen and oxygen atoms in total. The summed E-state index contributed by atoms with van der Waals surface area (Å²) in [5, 5.41) is 0. The standard InChI is InChI=1S/C13H27N3O4S.ClH/c1-11(2)20-9-10-21(18,19)16-7-5-15(6-8-16)12(17)13(3,4)14;/h11H,5-10,14H2,1-4H3;1H.